The van der Waals surface area contributed by atoms with E-state index in [9.17, 15) is 23.1 Å². The highest BCUT2D eigenvalue weighted by Gasteiger charge is 2.47. The van der Waals surface area contributed by atoms with E-state index >= 15 is 0 Å². The van der Waals surface area contributed by atoms with Gasteiger partial charge in [-0.15, -0.1) is 11.3 Å². The maximum absolute atomic E-state index is 14.9. The Kier molecular flexibility index (Phi) is 7.64. The SMILES string of the molecule is CCOP(O)C(F)(F)c1sc2c(OCCCS(N)=O)cc(-c3ncn[nH]3)cc2c1C#N. The number of benzene rings is 1. The Bertz CT molecular complexity index is 1120. The molecule has 4 N–H and O–H groups in total. The molecule has 3 aromatic rings. The van der Waals surface area contributed by atoms with Crippen LogP contribution in [0.15, 0.2) is 18.5 Å². The van der Waals surface area contributed by atoms with Crippen molar-refractivity contribution < 1.29 is 27.1 Å². The molecule has 3 rings (SSSR count). The predicted octanol–water partition coefficient (Wildman–Crippen LogP) is 3.34. The minimum absolute atomic E-state index is 0.100. The summed E-state index contributed by atoms with van der Waals surface area (Å²) in [4.78, 5) is 13.3. The van der Waals surface area contributed by atoms with Crippen molar-refractivity contribution in [3.63, 3.8) is 0 Å². The van der Waals surface area contributed by atoms with Gasteiger partial charge in [0.25, 0.3) is 0 Å². The summed E-state index contributed by atoms with van der Waals surface area (Å²) in [5, 5.41) is 21.6. The number of aromatic amines is 1. The topological polar surface area (TPSA) is 147 Å². The van der Waals surface area contributed by atoms with Crippen LogP contribution < -0.4 is 9.88 Å². The number of hydrogen-bond acceptors (Lipinski definition) is 8. The van der Waals surface area contributed by atoms with E-state index in [-0.39, 0.29) is 35.7 Å². The number of alkyl halides is 2. The second-order valence-corrected chi connectivity index (χ2v) is 9.68. The summed E-state index contributed by atoms with van der Waals surface area (Å²) >= 11 is 0.654. The number of nitrogens with two attached hydrogens (primary N) is 1. The zero-order valence-corrected chi connectivity index (χ0v) is 18.7. The Hall–Kier alpha value is -2.07. The van der Waals surface area contributed by atoms with Crippen LogP contribution in [0.4, 0.5) is 8.78 Å². The number of halogens is 2. The molecule has 0 amide bonds. The summed E-state index contributed by atoms with van der Waals surface area (Å²) in [6.07, 6.45) is 1.67. The summed E-state index contributed by atoms with van der Waals surface area (Å²) in [6, 6.07) is 4.94. The zero-order valence-electron chi connectivity index (χ0n) is 16.2. The minimum Gasteiger partial charge on any atom is -0.492 e. The van der Waals surface area contributed by atoms with Gasteiger partial charge in [-0.2, -0.15) is 19.1 Å². The first-order valence-electron chi connectivity index (χ1n) is 8.91. The molecule has 31 heavy (non-hydrogen) atoms. The van der Waals surface area contributed by atoms with Crippen molar-refractivity contribution in [2.24, 2.45) is 5.14 Å². The van der Waals surface area contributed by atoms with Crippen LogP contribution in [0.25, 0.3) is 21.5 Å². The molecule has 0 radical (unpaired) electrons. The average molecular weight is 489 g/mol. The van der Waals surface area contributed by atoms with Gasteiger partial charge >= 0.3 is 5.66 Å². The Labute approximate surface area is 183 Å². The Balaban J connectivity index is 2.13. The van der Waals surface area contributed by atoms with Gasteiger partial charge in [0.1, 0.15) is 23.0 Å². The van der Waals surface area contributed by atoms with Crippen LogP contribution in [-0.4, -0.2) is 43.3 Å². The van der Waals surface area contributed by atoms with Crippen LogP contribution >= 0.6 is 19.7 Å². The number of ether oxygens (including phenoxy) is 1. The summed E-state index contributed by atoms with van der Waals surface area (Å²) in [5.41, 5.74) is -3.55. The highest BCUT2D eigenvalue weighted by atomic mass is 32.2. The molecule has 0 spiro atoms. The molecule has 0 aliphatic heterocycles. The van der Waals surface area contributed by atoms with Crippen molar-refractivity contribution in [3.8, 4) is 23.2 Å². The average Bonchev–Trinajstić information content (AvgIpc) is 3.38. The molecule has 0 bridgehead atoms. The van der Waals surface area contributed by atoms with E-state index in [4.69, 9.17) is 14.4 Å². The van der Waals surface area contributed by atoms with E-state index < -0.39 is 29.9 Å². The second-order valence-electron chi connectivity index (χ2n) is 6.12. The number of nitriles is 1. The van der Waals surface area contributed by atoms with E-state index in [1.165, 1.54) is 19.3 Å². The molecule has 1 aromatic carbocycles. The second kappa shape index (κ2) is 10.0. The normalized spacial score (nSPS) is 13.8. The van der Waals surface area contributed by atoms with E-state index in [0.717, 1.165) is 0 Å². The Morgan fingerprint density at radius 2 is 2.26 bits per heavy atom. The summed E-state index contributed by atoms with van der Waals surface area (Å²) in [7, 11) is -4.61. The number of fused-ring (bicyclic) bond motifs is 1. The van der Waals surface area contributed by atoms with Crippen molar-refractivity contribution >= 4 is 40.8 Å². The van der Waals surface area contributed by atoms with Crippen molar-refractivity contribution in [1.29, 1.82) is 5.26 Å². The molecular weight excluding hydrogens is 471 g/mol. The largest absolute Gasteiger partial charge is 0.492 e. The lowest BCUT2D eigenvalue weighted by Gasteiger charge is -2.19. The van der Waals surface area contributed by atoms with Gasteiger partial charge in [-0.3, -0.25) is 10.2 Å². The van der Waals surface area contributed by atoms with Crippen molar-refractivity contribution in [2.75, 3.05) is 19.0 Å². The third-order valence-electron chi connectivity index (χ3n) is 4.07. The molecule has 0 aliphatic rings. The zero-order chi connectivity index (χ0) is 22.6. The number of nitrogens with zero attached hydrogens (tertiary/aromatic N) is 3. The molecule has 0 fully saturated rings. The van der Waals surface area contributed by atoms with E-state index in [1.807, 2.05) is 6.07 Å². The molecule has 166 valence electrons. The number of rotatable bonds is 10. The fourth-order valence-corrected chi connectivity index (χ4v) is 5.29. The van der Waals surface area contributed by atoms with Gasteiger partial charge in [0.15, 0.2) is 5.82 Å². The predicted molar refractivity (Wildman–Crippen MR) is 114 cm³/mol. The number of aromatic nitrogens is 3. The fourth-order valence-electron chi connectivity index (χ4n) is 2.75. The van der Waals surface area contributed by atoms with Gasteiger partial charge in [-0.25, -0.2) is 9.19 Å². The first kappa shape index (κ1) is 23.6. The molecule has 0 aliphatic carbocycles. The first-order valence-corrected chi connectivity index (χ1v) is 12.3. The lowest BCUT2D eigenvalue weighted by molar-refractivity contribution is 0.0691. The van der Waals surface area contributed by atoms with Crippen molar-refractivity contribution in [1.82, 2.24) is 15.2 Å². The number of nitrogens with one attached hydrogen (secondary N) is 1. The minimum atomic E-state index is -3.75. The van der Waals surface area contributed by atoms with Gasteiger partial charge in [0.05, 0.1) is 34.5 Å². The molecule has 0 saturated carbocycles. The standard InChI is InChI=1S/C17H18F2N5O4PS2/c1-2-28-29(25)17(18,19)15-12(8-20)11-6-10(16-22-9-23-24-16)7-13(14(11)30-15)27-4-3-5-31(21)26/h6-7,9,25H,2-5,21H2,1H3,(H,22,23,24). The van der Waals surface area contributed by atoms with E-state index in [2.05, 4.69) is 15.2 Å². The van der Waals surface area contributed by atoms with Crippen LogP contribution in [0.2, 0.25) is 0 Å². The van der Waals surface area contributed by atoms with Gasteiger partial charge < -0.3 is 14.2 Å². The van der Waals surface area contributed by atoms with Crippen molar-refractivity contribution in [3.05, 3.63) is 28.9 Å². The van der Waals surface area contributed by atoms with Crippen LogP contribution in [-0.2, 0) is 21.2 Å². The molecule has 2 atom stereocenters. The first-order chi connectivity index (χ1) is 14.8. The number of H-pyrrole nitrogens is 1. The lowest BCUT2D eigenvalue weighted by atomic mass is 10.1. The van der Waals surface area contributed by atoms with Gasteiger partial charge in [-0.1, -0.05) is 0 Å². The van der Waals surface area contributed by atoms with Crippen LogP contribution in [0.5, 0.6) is 5.75 Å². The van der Waals surface area contributed by atoms with Crippen LogP contribution in [0, 0.1) is 11.3 Å². The monoisotopic (exact) mass is 489 g/mol. The highest BCUT2D eigenvalue weighted by molar-refractivity contribution is 7.82. The lowest BCUT2D eigenvalue weighted by Crippen LogP contribution is -2.12. The van der Waals surface area contributed by atoms with Gasteiger partial charge in [-0.05, 0) is 25.5 Å². The number of hydrogen-bond donors (Lipinski definition) is 3. The molecular formula is C17H18F2N5O4PS2. The van der Waals surface area contributed by atoms with E-state index in [0.29, 0.717) is 33.8 Å². The fraction of sp³-hybridized carbons (Fsp3) is 0.353. The summed E-state index contributed by atoms with van der Waals surface area (Å²) in [6.45, 7) is 1.52. The molecule has 0 saturated heterocycles. The smallest absolute Gasteiger partial charge is 0.349 e. The van der Waals surface area contributed by atoms with E-state index in [1.54, 1.807) is 6.07 Å². The highest BCUT2D eigenvalue weighted by Crippen LogP contribution is 2.60. The molecule has 14 heteroatoms. The van der Waals surface area contributed by atoms with Crippen LogP contribution in [0.3, 0.4) is 0 Å². The quantitative estimate of drug-likeness (QED) is 0.292. The van der Waals surface area contributed by atoms with Crippen molar-refractivity contribution in [2.45, 2.75) is 19.0 Å². The number of thiophene rings is 1. The maximum atomic E-state index is 14.9. The molecule has 2 aromatic heterocycles. The summed E-state index contributed by atoms with van der Waals surface area (Å²) in [5.74, 6) is 0.816. The Morgan fingerprint density at radius 1 is 1.48 bits per heavy atom. The summed E-state index contributed by atoms with van der Waals surface area (Å²) < 4.78 is 51.7. The maximum Gasteiger partial charge on any atom is 0.349 e. The third kappa shape index (κ3) is 5.06. The Morgan fingerprint density at radius 3 is 2.87 bits per heavy atom. The third-order valence-corrected chi connectivity index (χ3v) is 7.41. The van der Waals surface area contributed by atoms with Gasteiger partial charge in [0.2, 0.25) is 8.38 Å². The molecule has 2 heterocycles. The molecule has 9 nitrogen and oxygen atoms in total. The van der Waals surface area contributed by atoms with Gasteiger partial charge in [0, 0.05) is 16.7 Å². The molecule has 2 unspecified atom stereocenters. The van der Waals surface area contributed by atoms with Crippen LogP contribution in [0.1, 0.15) is 23.8 Å².